The number of rotatable bonds is 4. The van der Waals surface area contributed by atoms with Crippen molar-refractivity contribution < 1.29 is 0 Å². The molecule has 0 atom stereocenters. The predicted molar refractivity (Wildman–Crippen MR) is 115 cm³/mol. The standard InChI is InChI=1S/C23H19ClN2S/c1-15-8-10-17(11-9-15)12-21-26-16(2)22(27-21)19-13-20(23(24)25-14-19)18-6-4-3-5-7-18/h3-11,13-14H,12H2,1-2H3. The zero-order valence-electron chi connectivity index (χ0n) is 15.2. The first-order valence-electron chi connectivity index (χ1n) is 8.83. The second-order valence-corrected chi connectivity index (χ2v) is 8.05. The number of pyridine rings is 1. The Morgan fingerprint density at radius 3 is 2.41 bits per heavy atom. The minimum Gasteiger partial charge on any atom is -0.246 e. The first kappa shape index (κ1) is 17.9. The lowest BCUT2D eigenvalue weighted by Gasteiger charge is -2.06. The van der Waals surface area contributed by atoms with Gasteiger partial charge in [-0.3, -0.25) is 0 Å². The first-order chi connectivity index (χ1) is 13.1. The van der Waals surface area contributed by atoms with Crippen molar-refractivity contribution in [2.24, 2.45) is 0 Å². The van der Waals surface area contributed by atoms with Gasteiger partial charge in [-0.1, -0.05) is 71.8 Å². The quantitative estimate of drug-likeness (QED) is 0.361. The summed E-state index contributed by atoms with van der Waals surface area (Å²) >= 11 is 8.09. The Hall–Kier alpha value is -2.49. The van der Waals surface area contributed by atoms with E-state index in [4.69, 9.17) is 16.6 Å². The van der Waals surface area contributed by atoms with Crippen LogP contribution in [0.15, 0.2) is 66.9 Å². The fraction of sp³-hybridized carbons (Fsp3) is 0.130. The topological polar surface area (TPSA) is 25.8 Å². The van der Waals surface area contributed by atoms with E-state index in [-0.39, 0.29) is 0 Å². The summed E-state index contributed by atoms with van der Waals surface area (Å²) in [6.07, 6.45) is 2.68. The molecule has 4 rings (SSSR count). The van der Waals surface area contributed by atoms with E-state index in [1.807, 2.05) is 24.4 Å². The lowest BCUT2D eigenvalue weighted by molar-refractivity contribution is 1.10. The molecule has 27 heavy (non-hydrogen) atoms. The highest BCUT2D eigenvalue weighted by Gasteiger charge is 2.13. The van der Waals surface area contributed by atoms with Gasteiger partial charge in [-0.25, -0.2) is 9.97 Å². The number of thiazole rings is 1. The third-order valence-corrected chi connectivity index (χ3v) is 6.01. The van der Waals surface area contributed by atoms with Crippen LogP contribution in [0.5, 0.6) is 0 Å². The number of nitrogens with zero attached hydrogens (tertiary/aromatic N) is 2. The normalized spacial score (nSPS) is 10.9. The van der Waals surface area contributed by atoms with Crippen molar-refractivity contribution in [2.75, 3.05) is 0 Å². The Labute approximate surface area is 168 Å². The molecule has 4 heteroatoms. The van der Waals surface area contributed by atoms with Crippen molar-refractivity contribution in [1.29, 1.82) is 0 Å². The highest BCUT2D eigenvalue weighted by molar-refractivity contribution is 7.15. The van der Waals surface area contributed by atoms with Gasteiger partial charge in [-0.05, 0) is 31.0 Å². The number of hydrogen-bond acceptors (Lipinski definition) is 3. The van der Waals surface area contributed by atoms with E-state index in [1.54, 1.807) is 11.3 Å². The number of aromatic nitrogens is 2. The van der Waals surface area contributed by atoms with Crippen LogP contribution in [0, 0.1) is 13.8 Å². The Morgan fingerprint density at radius 1 is 0.926 bits per heavy atom. The highest BCUT2D eigenvalue weighted by Crippen LogP contribution is 2.35. The molecule has 0 saturated carbocycles. The highest BCUT2D eigenvalue weighted by atomic mass is 35.5. The minimum atomic E-state index is 0.520. The molecule has 0 bridgehead atoms. The van der Waals surface area contributed by atoms with Crippen LogP contribution in [0.2, 0.25) is 5.15 Å². The Balaban J connectivity index is 1.68. The van der Waals surface area contributed by atoms with Crippen LogP contribution in [0.4, 0.5) is 0 Å². The van der Waals surface area contributed by atoms with Crippen molar-refractivity contribution in [2.45, 2.75) is 20.3 Å². The van der Waals surface area contributed by atoms with Gasteiger partial charge in [0.2, 0.25) is 0 Å². The van der Waals surface area contributed by atoms with Crippen LogP contribution in [-0.4, -0.2) is 9.97 Å². The molecule has 0 spiro atoms. The molecule has 2 aromatic carbocycles. The van der Waals surface area contributed by atoms with Crippen molar-refractivity contribution in [3.8, 4) is 21.6 Å². The molecule has 0 saturated heterocycles. The molecule has 134 valence electrons. The maximum atomic E-state index is 6.36. The Bertz CT molecular complexity index is 1070. The molecule has 2 aromatic heterocycles. The molecule has 0 aliphatic carbocycles. The maximum Gasteiger partial charge on any atom is 0.136 e. The van der Waals surface area contributed by atoms with Gasteiger partial charge in [-0.2, -0.15) is 0 Å². The summed E-state index contributed by atoms with van der Waals surface area (Å²) in [7, 11) is 0. The van der Waals surface area contributed by atoms with E-state index in [0.717, 1.165) is 38.7 Å². The van der Waals surface area contributed by atoms with Crippen molar-refractivity contribution >= 4 is 22.9 Å². The van der Waals surface area contributed by atoms with Crippen molar-refractivity contribution in [3.05, 3.63) is 93.8 Å². The summed E-state index contributed by atoms with van der Waals surface area (Å²) < 4.78 is 0. The van der Waals surface area contributed by atoms with Crippen LogP contribution in [-0.2, 0) is 6.42 Å². The van der Waals surface area contributed by atoms with Crippen LogP contribution in [0.1, 0.15) is 21.8 Å². The van der Waals surface area contributed by atoms with Gasteiger partial charge in [0.1, 0.15) is 5.15 Å². The van der Waals surface area contributed by atoms with E-state index < -0.39 is 0 Å². The largest absolute Gasteiger partial charge is 0.246 e. The molecular weight excluding hydrogens is 372 g/mol. The summed E-state index contributed by atoms with van der Waals surface area (Å²) in [6, 6.07) is 20.9. The summed E-state index contributed by atoms with van der Waals surface area (Å²) in [4.78, 5) is 10.4. The summed E-state index contributed by atoms with van der Waals surface area (Å²) in [6.45, 7) is 4.16. The second-order valence-electron chi connectivity index (χ2n) is 6.61. The molecule has 2 nitrogen and oxygen atoms in total. The molecule has 0 amide bonds. The third-order valence-electron chi connectivity index (χ3n) is 4.50. The van der Waals surface area contributed by atoms with E-state index in [0.29, 0.717) is 5.15 Å². The van der Waals surface area contributed by atoms with E-state index >= 15 is 0 Å². The molecule has 0 unspecified atom stereocenters. The maximum absolute atomic E-state index is 6.36. The van der Waals surface area contributed by atoms with Gasteiger partial charge >= 0.3 is 0 Å². The van der Waals surface area contributed by atoms with Crippen molar-refractivity contribution in [3.63, 3.8) is 0 Å². The smallest absolute Gasteiger partial charge is 0.136 e. The average Bonchev–Trinajstić information content (AvgIpc) is 3.05. The van der Waals surface area contributed by atoms with Gasteiger partial charge in [0.05, 0.1) is 15.6 Å². The summed E-state index contributed by atoms with van der Waals surface area (Å²) in [5, 5.41) is 1.63. The van der Waals surface area contributed by atoms with Gasteiger partial charge in [0, 0.05) is 23.7 Å². The Kier molecular flexibility index (Phi) is 5.06. The van der Waals surface area contributed by atoms with E-state index in [2.05, 4.69) is 61.3 Å². The zero-order valence-corrected chi connectivity index (χ0v) is 16.8. The van der Waals surface area contributed by atoms with Gasteiger partial charge in [0.25, 0.3) is 0 Å². The average molecular weight is 391 g/mol. The Morgan fingerprint density at radius 2 is 1.67 bits per heavy atom. The lowest BCUT2D eigenvalue weighted by Crippen LogP contribution is -1.87. The SMILES string of the molecule is Cc1ccc(Cc2nc(C)c(-c3cnc(Cl)c(-c4ccccc4)c3)s2)cc1. The minimum absolute atomic E-state index is 0.520. The summed E-state index contributed by atoms with van der Waals surface area (Å²) in [5.74, 6) is 0. The number of halogens is 1. The summed E-state index contributed by atoms with van der Waals surface area (Å²) in [5.41, 5.74) is 6.66. The van der Waals surface area contributed by atoms with Crippen LogP contribution >= 0.6 is 22.9 Å². The molecule has 0 fully saturated rings. The number of benzene rings is 2. The van der Waals surface area contributed by atoms with Gasteiger partial charge in [-0.15, -0.1) is 11.3 Å². The number of hydrogen-bond donors (Lipinski definition) is 0. The zero-order chi connectivity index (χ0) is 18.8. The lowest BCUT2D eigenvalue weighted by atomic mass is 10.1. The molecule has 0 N–H and O–H groups in total. The number of aryl methyl sites for hydroxylation is 2. The molecule has 0 aliphatic heterocycles. The van der Waals surface area contributed by atoms with Crippen molar-refractivity contribution in [1.82, 2.24) is 9.97 Å². The van der Waals surface area contributed by atoms with Crippen LogP contribution in [0.25, 0.3) is 21.6 Å². The fourth-order valence-corrected chi connectivity index (χ4v) is 4.36. The van der Waals surface area contributed by atoms with E-state index in [9.17, 15) is 0 Å². The van der Waals surface area contributed by atoms with Gasteiger partial charge in [0.15, 0.2) is 0 Å². The second kappa shape index (κ2) is 7.63. The first-order valence-corrected chi connectivity index (χ1v) is 10.0. The van der Waals surface area contributed by atoms with Crippen LogP contribution in [0.3, 0.4) is 0 Å². The fourth-order valence-electron chi connectivity index (χ4n) is 3.07. The predicted octanol–water partition coefficient (Wildman–Crippen LogP) is 6.73. The van der Waals surface area contributed by atoms with E-state index in [1.165, 1.54) is 11.1 Å². The molecule has 0 aliphatic rings. The molecular formula is C23H19ClN2S. The molecule has 0 radical (unpaired) electrons. The van der Waals surface area contributed by atoms with Crippen LogP contribution < -0.4 is 0 Å². The molecule has 4 aromatic rings. The third kappa shape index (κ3) is 3.95. The molecule has 2 heterocycles. The van der Waals surface area contributed by atoms with Gasteiger partial charge < -0.3 is 0 Å². The monoisotopic (exact) mass is 390 g/mol.